The molecule has 0 aliphatic heterocycles. The summed E-state index contributed by atoms with van der Waals surface area (Å²) < 4.78 is 15.3. The van der Waals surface area contributed by atoms with Crippen molar-refractivity contribution in [2.75, 3.05) is 18.2 Å². The first-order valence-electron chi connectivity index (χ1n) is 8.78. The van der Waals surface area contributed by atoms with Gasteiger partial charge in [0.2, 0.25) is 0 Å². The molecule has 0 aliphatic rings. The Hall–Kier alpha value is -4.01. The molecular weight excluding hydrogens is 373 g/mol. The van der Waals surface area contributed by atoms with E-state index in [0.29, 0.717) is 17.9 Å². The van der Waals surface area contributed by atoms with E-state index >= 15 is 0 Å². The zero-order chi connectivity index (χ0) is 20.2. The van der Waals surface area contributed by atoms with Crippen LogP contribution in [0, 0.1) is 5.82 Å². The largest absolute Gasteiger partial charge is 0.399 e. The van der Waals surface area contributed by atoms with Crippen LogP contribution in [0.4, 0.5) is 21.7 Å². The Bertz CT molecular complexity index is 1190. The molecule has 0 spiro atoms. The lowest BCUT2D eigenvalue weighted by Gasteiger charge is -2.10. The summed E-state index contributed by atoms with van der Waals surface area (Å²) in [5.41, 5.74) is 9.02. The van der Waals surface area contributed by atoms with E-state index in [1.165, 1.54) is 31.8 Å². The molecule has 4 aromatic rings. The number of halogens is 1. The zero-order valence-corrected chi connectivity index (χ0v) is 15.6. The summed E-state index contributed by atoms with van der Waals surface area (Å²) in [7, 11) is 1.44. The molecule has 2 aromatic carbocycles. The fraction of sp³-hybridized carbons (Fsp3) is 0.100. The second-order valence-electron chi connectivity index (χ2n) is 6.27. The Labute approximate surface area is 165 Å². The fourth-order valence-corrected chi connectivity index (χ4v) is 2.98. The zero-order valence-electron chi connectivity index (χ0n) is 15.6. The number of aromatic nitrogens is 4. The molecule has 0 saturated heterocycles. The molecule has 4 rings (SSSR count). The molecule has 9 heteroatoms. The van der Waals surface area contributed by atoms with Gasteiger partial charge < -0.3 is 15.9 Å². The second kappa shape index (κ2) is 7.93. The smallest absolute Gasteiger partial charge is 0.144 e. The summed E-state index contributed by atoms with van der Waals surface area (Å²) in [6.07, 6.45) is 4.59. The van der Waals surface area contributed by atoms with Crippen LogP contribution in [-0.4, -0.2) is 33.1 Å². The number of nitrogens with one attached hydrogen (secondary N) is 1. The number of oxime groups is 1. The average molecular weight is 391 g/mol. The maximum absolute atomic E-state index is 13.4. The van der Waals surface area contributed by atoms with Crippen molar-refractivity contribution in [1.29, 1.82) is 0 Å². The number of hydrogen-bond acceptors (Lipinski definition) is 7. The topological polar surface area (TPSA) is 103 Å². The predicted molar refractivity (Wildman–Crippen MR) is 110 cm³/mol. The summed E-state index contributed by atoms with van der Waals surface area (Å²) in [5.74, 6) is 0.527. The Morgan fingerprint density at radius 2 is 2.14 bits per heavy atom. The van der Waals surface area contributed by atoms with Gasteiger partial charge in [-0.05, 0) is 35.9 Å². The van der Waals surface area contributed by atoms with Gasteiger partial charge in [0.25, 0.3) is 0 Å². The fourth-order valence-electron chi connectivity index (χ4n) is 2.98. The van der Waals surface area contributed by atoms with Crippen LogP contribution in [0.5, 0.6) is 0 Å². The minimum Gasteiger partial charge on any atom is -0.399 e. The number of hydrogen-bond donors (Lipinski definition) is 2. The summed E-state index contributed by atoms with van der Waals surface area (Å²) in [6.45, 7) is 0.480. The molecule has 3 N–H and O–H groups in total. The summed E-state index contributed by atoms with van der Waals surface area (Å²) >= 11 is 0. The second-order valence-corrected chi connectivity index (χ2v) is 6.27. The van der Waals surface area contributed by atoms with Crippen molar-refractivity contribution in [3.8, 4) is 0 Å². The van der Waals surface area contributed by atoms with Crippen LogP contribution in [0.3, 0.4) is 0 Å². The van der Waals surface area contributed by atoms with E-state index in [4.69, 9.17) is 10.6 Å². The SMILES string of the molecule is CON=Cc1c(N)ncnc1Nc1ccc2c(cnn2Cc2cccc(F)c2)c1. The molecule has 0 bridgehead atoms. The van der Waals surface area contributed by atoms with Crippen LogP contribution in [0.15, 0.2) is 60.1 Å². The lowest BCUT2D eigenvalue weighted by Crippen LogP contribution is -2.05. The predicted octanol–water partition coefficient (Wildman–Crippen LogP) is 3.32. The van der Waals surface area contributed by atoms with Crippen LogP contribution < -0.4 is 11.1 Å². The van der Waals surface area contributed by atoms with Gasteiger partial charge in [-0.25, -0.2) is 14.4 Å². The molecule has 0 radical (unpaired) electrons. The van der Waals surface area contributed by atoms with Crippen molar-refractivity contribution in [2.45, 2.75) is 6.54 Å². The first-order valence-corrected chi connectivity index (χ1v) is 8.78. The third-order valence-electron chi connectivity index (χ3n) is 4.33. The molecule has 29 heavy (non-hydrogen) atoms. The lowest BCUT2D eigenvalue weighted by atomic mass is 10.2. The van der Waals surface area contributed by atoms with E-state index in [1.807, 2.05) is 28.9 Å². The molecule has 0 fully saturated rings. The number of fused-ring (bicyclic) bond motifs is 1. The molecule has 0 unspecified atom stereocenters. The highest BCUT2D eigenvalue weighted by Gasteiger charge is 2.10. The maximum atomic E-state index is 13.4. The number of nitrogen functional groups attached to an aromatic ring is 1. The molecule has 146 valence electrons. The third-order valence-corrected chi connectivity index (χ3v) is 4.33. The van der Waals surface area contributed by atoms with Gasteiger partial charge >= 0.3 is 0 Å². The highest BCUT2D eigenvalue weighted by Crippen LogP contribution is 2.24. The lowest BCUT2D eigenvalue weighted by molar-refractivity contribution is 0.215. The molecule has 0 amide bonds. The standard InChI is InChI=1S/C20H18FN7O/c1-29-26-10-17-19(22)23-12-24-20(17)27-16-5-6-18-14(8-16)9-25-28(18)11-13-3-2-4-15(21)7-13/h2-10,12H,11H2,1H3,(H3,22,23,24,27). The Morgan fingerprint density at radius 1 is 1.24 bits per heavy atom. The normalized spacial score (nSPS) is 11.2. The van der Waals surface area contributed by atoms with Gasteiger partial charge in [0.1, 0.15) is 30.9 Å². The first-order chi connectivity index (χ1) is 14.1. The van der Waals surface area contributed by atoms with Gasteiger partial charge in [0.15, 0.2) is 0 Å². The number of rotatable bonds is 6. The number of anilines is 3. The van der Waals surface area contributed by atoms with Crippen LogP contribution in [0.2, 0.25) is 0 Å². The van der Waals surface area contributed by atoms with Crippen molar-refractivity contribution in [2.24, 2.45) is 5.16 Å². The highest BCUT2D eigenvalue weighted by atomic mass is 19.1. The van der Waals surface area contributed by atoms with Gasteiger partial charge in [-0.15, -0.1) is 0 Å². The van der Waals surface area contributed by atoms with Crippen molar-refractivity contribution in [3.05, 3.63) is 71.9 Å². The van der Waals surface area contributed by atoms with Crippen LogP contribution in [-0.2, 0) is 11.4 Å². The van der Waals surface area contributed by atoms with Gasteiger partial charge in [-0.3, -0.25) is 4.68 Å². The molecular formula is C20H18FN7O. The average Bonchev–Trinajstić information content (AvgIpc) is 3.10. The van der Waals surface area contributed by atoms with Gasteiger partial charge in [0.05, 0.1) is 30.0 Å². The maximum Gasteiger partial charge on any atom is 0.144 e. The van der Waals surface area contributed by atoms with Gasteiger partial charge in [-0.1, -0.05) is 17.3 Å². The van der Waals surface area contributed by atoms with Gasteiger partial charge in [-0.2, -0.15) is 5.10 Å². The van der Waals surface area contributed by atoms with E-state index in [2.05, 4.69) is 25.5 Å². The minimum atomic E-state index is -0.262. The molecule has 2 heterocycles. The van der Waals surface area contributed by atoms with Gasteiger partial charge in [0, 0.05) is 11.1 Å². The third kappa shape index (κ3) is 3.98. The number of nitrogens with zero attached hydrogens (tertiary/aromatic N) is 5. The number of nitrogens with two attached hydrogens (primary N) is 1. The summed E-state index contributed by atoms with van der Waals surface area (Å²) in [5, 5.41) is 12.3. The Morgan fingerprint density at radius 3 is 2.97 bits per heavy atom. The first kappa shape index (κ1) is 18.4. The quantitative estimate of drug-likeness (QED) is 0.386. The molecule has 0 saturated carbocycles. The molecule has 0 aliphatic carbocycles. The van der Waals surface area contributed by atoms with E-state index in [-0.39, 0.29) is 11.6 Å². The van der Waals surface area contributed by atoms with Crippen molar-refractivity contribution in [1.82, 2.24) is 19.7 Å². The van der Waals surface area contributed by atoms with Crippen LogP contribution >= 0.6 is 0 Å². The Kier molecular flexibility index (Phi) is 5.02. The molecule has 8 nitrogen and oxygen atoms in total. The minimum absolute atomic E-state index is 0.262. The monoisotopic (exact) mass is 391 g/mol. The summed E-state index contributed by atoms with van der Waals surface area (Å²) in [6, 6.07) is 12.3. The van der Waals surface area contributed by atoms with E-state index in [1.54, 1.807) is 12.3 Å². The van der Waals surface area contributed by atoms with Crippen molar-refractivity contribution >= 4 is 34.4 Å². The van der Waals surface area contributed by atoms with E-state index in [9.17, 15) is 4.39 Å². The molecule has 2 aromatic heterocycles. The molecule has 0 atom stereocenters. The van der Waals surface area contributed by atoms with E-state index < -0.39 is 0 Å². The highest BCUT2D eigenvalue weighted by molar-refractivity contribution is 5.93. The number of benzene rings is 2. The van der Waals surface area contributed by atoms with Crippen molar-refractivity contribution in [3.63, 3.8) is 0 Å². The van der Waals surface area contributed by atoms with Crippen LogP contribution in [0.25, 0.3) is 10.9 Å². The Balaban J connectivity index is 1.61. The van der Waals surface area contributed by atoms with E-state index in [0.717, 1.165) is 22.2 Å². The van der Waals surface area contributed by atoms with Crippen LogP contribution in [0.1, 0.15) is 11.1 Å². The van der Waals surface area contributed by atoms with Crippen molar-refractivity contribution < 1.29 is 9.23 Å². The summed E-state index contributed by atoms with van der Waals surface area (Å²) in [4.78, 5) is 12.9.